The fourth-order valence-corrected chi connectivity index (χ4v) is 1.99. The zero-order valence-electron chi connectivity index (χ0n) is 10.7. The molecule has 0 fully saturated rings. The van der Waals surface area contributed by atoms with E-state index in [1.807, 2.05) is 6.07 Å². The van der Waals surface area contributed by atoms with Crippen LogP contribution in [-0.4, -0.2) is 22.2 Å². The molecule has 9 heteroatoms. The van der Waals surface area contributed by atoms with Crippen LogP contribution in [0.25, 0.3) is 21.7 Å². The van der Waals surface area contributed by atoms with Gasteiger partial charge in [-0.15, -0.1) is 0 Å². The van der Waals surface area contributed by atoms with Crippen molar-refractivity contribution in [2.24, 2.45) is 0 Å². The van der Waals surface area contributed by atoms with Crippen molar-refractivity contribution in [3.05, 3.63) is 47.5 Å². The highest BCUT2D eigenvalue weighted by atomic mass is 19.4. The molecule has 0 spiro atoms. The first-order valence-corrected chi connectivity index (χ1v) is 6.00. The zero-order chi connectivity index (χ0) is 15.9. The average Bonchev–Trinajstić information content (AvgIpc) is 2.47. The van der Waals surface area contributed by atoms with Crippen molar-refractivity contribution in [3.8, 4) is 0 Å². The molecule has 0 amide bonds. The Morgan fingerprint density at radius 2 is 1.86 bits per heavy atom. The van der Waals surface area contributed by atoms with E-state index < -0.39 is 12.1 Å². The fourth-order valence-electron chi connectivity index (χ4n) is 1.99. The highest BCUT2D eigenvalue weighted by molar-refractivity contribution is 6.05. The summed E-state index contributed by atoms with van der Waals surface area (Å²) in [5.41, 5.74) is 0.209. The van der Waals surface area contributed by atoms with Crippen LogP contribution in [0.4, 0.5) is 13.2 Å². The molecule has 0 aliphatic carbocycles. The minimum atomic E-state index is -5.22. The normalized spacial score (nSPS) is 11.8. The van der Waals surface area contributed by atoms with Crippen LogP contribution >= 0.6 is 0 Å². The van der Waals surface area contributed by atoms with Gasteiger partial charge in [0.2, 0.25) is 10.5 Å². The predicted octanol–water partition coefficient (Wildman–Crippen LogP) is 1.62. The van der Waals surface area contributed by atoms with E-state index in [1.54, 1.807) is 24.3 Å². The first kappa shape index (κ1) is 14.0. The maximum absolute atomic E-state index is 12.2. The van der Waals surface area contributed by atoms with E-state index in [1.165, 1.54) is 6.07 Å². The molecule has 0 N–H and O–H groups in total. The molecular weight excluding hydrogens is 303 g/mol. The molecule has 0 unspecified atom stereocenters. The van der Waals surface area contributed by atoms with Crippen LogP contribution in [0.1, 0.15) is 0 Å². The number of hydrogen-bond donors (Lipinski definition) is 0. The lowest BCUT2D eigenvalue weighted by atomic mass is 10.1. The van der Waals surface area contributed by atoms with Crippen LogP contribution in [-0.2, 0) is 4.79 Å². The first-order valence-electron chi connectivity index (χ1n) is 6.00. The van der Waals surface area contributed by atoms with Gasteiger partial charge in [0.25, 0.3) is 0 Å². The summed E-state index contributed by atoms with van der Waals surface area (Å²) in [5.74, 6) is -2.53. The van der Waals surface area contributed by atoms with Crippen molar-refractivity contribution < 1.29 is 27.3 Å². The Morgan fingerprint density at radius 1 is 1.14 bits per heavy atom. The van der Waals surface area contributed by atoms with E-state index in [9.17, 15) is 22.9 Å². The molecule has 0 radical (unpaired) electrons. The van der Waals surface area contributed by atoms with Crippen LogP contribution in [0.15, 0.2) is 42.6 Å². The fraction of sp³-hybridized carbons (Fsp3) is 0.0769. The number of hydrogen-bond acceptors (Lipinski definition) is 4. The van der Waals surface area contributed by atoms with E-state index >= 15 is 0 Å². The summed E-state index contributed by atoms with van der Waals surface area (Å²) in [4.78, 5) is 26.4. The molecule has 0 bridgehead atoms. The number of rotatable bonds is 1. The number of nitrogens with zero attached hydrogens (tertiary/aromatic N) is 3. The Labute approximate surface area is 119 Å². The van der Waals surface area contributed by atoms with Crippen LogP contribution in [0, 0.1) is 4.91 Å². The molecule has 0 aliphatic heterocycles. The summed E-state index contributed by atoms with van der Waals surface area (Å²) in [5, 5.41) is 5.56. The number of fused-ring (bicyclic) bond motifs is 3. The minimum Gasteiger partial charge on any atom is -0.259 e. The van der Waals surface area contributed by atoms with Gasteiger partial charge in [0.1, 0.15) is 4.54 Å². The lowest BCUT2D eigenvalue weighted by molar-refractivity contribution is -0.638. The summed E-state index contributed by atoms with van der Waals surface area (Å²) in [6.07, 6.45) is -4.23. The summed E-state index contributed by atoms with van der Waals surface area (Å²) in [7, 11) is 0. The van der Waals surface area contributed by atoms with Crippen molar-refractivity contribution in [3.63, 3.8) is 0 Å². The number of halogens is 3. The predicted molar refractivity (Wildman–Crippen MR) is 68.2 cm³/mol. The van der Waals surface area contributed by atoms with Crippen molar-refractivity contribution in [1.82, 2.24) is 10.1 Å². The molecule has 1 aromatic heterocycles. The molecule has 0 atom stereocenters. The number of aromatic nitrogens is 3. The molecule has 1 heterocycles. The molecular formula is C13H7F3N3O3+. The first-order chi connectivity index (χ1) is 10.4. The van der Waals surface area contributed by atoms with Crippen LogP contribution in [0.3, 0.4) is 0 Å². The highest BCUT2D eigenvalue weighted by Crippen LogP contribution is 2.22. The van der Waals surface area contributed by atoms with Crippen molar-refractivity contribution in [1.29, 1.82) is 0 Å². The van der Waals surface area contributed by atoms with Gasteiger partial charge in [-0.25, -0.2) is 4.79 Å². The van der Waals surface area contributed by atoms with Crippen LogP contribution in [0.5, 0.6) is 0 Å². The minimum absolute atomic E-state index is 0.0487. The second kappa shape index (κ2) is 4.79. The van der Waals surface area contributed by atoms with Gasteiger partial charge >= 0.3 is 12.1 Å². The van der Waals surface area contributed by atoms with Crippen molar-refractivity contribution >= 4 is 27.6 Å². The Balaban J connectivity index is 2.16. The third-order valence-corrected chi connectivity index (χ3v) is 2.95. The van der Waals surface area contributed by atoms with E-state index in [2.05, 4.69) is 9.94 Å². The van der Waals surface area contributed by atoms with Crippen LogP contribution in [0.2, 0.25) is 0 Å². The Morgan fingerprint density at radius 3 is 2.59 bits per heavy atom. The van der Waals surface area contributed by atoms with Gasteiger partial charge in [-0.3, -0.25) is 4.84 Å². The van der Waals surface area contributed by atoms with E-state index in [0.29, 0.717) is 10.8 Å². The van der Waals surface area contributed by atoms with Gasteiger partial charge in [-0.1, -0.05) is 24.3 Å². The highest BCUT2D eigenvalue weighted by Gasteiger charge is 2.43. The maximum atomic E-state index is 12.2. The summed E-state index contributed by atoms with van der Waals surface area (Å²) in [6, 6.07) is 10.3. The molecule has 0 saturated carbocycles. The van der Waals surface area contributed by atoms with E-state index in [0.717, 1.165) is 11.6 Å². The molecule has 22 heavy (non-hydrogen) atoms. The quantitative estimate of drug-likeness (QED) is 0.506. The average molecular weight is 310 g/mol. The number of carbonyl (C=O) groups is 1. The molecule has 0 aliphatic rings. The lowest BCUT2D eigenvalue weighted by Crippen LogP contribution is -2.44. The third-order valence-electron chi connectivity index (χ3n) is 2.95. The lowest BCUT2D eigenvalue weighted by Gasteiger charge is -2.02. The Kier molecular flexibility index (Phi) is 3.05. The van der Waals surface area contributed by atoms with Gasteiger partial charge in [0, 0.05) is 0 Å². The van der Waals surface area contributed by atoms with E-state index in [-0.39, 0.29) is 15.0 Å². The van der Waals surface area contributed by atoms with Gasteiger partial charge in [0.15, 0.2) is 6.20 Å². The number of benzene rings is 2. The topological polar surface area (TPSA) is 67.1 Å². The van der Waals surface area contributed by atoms with Gasteiger partial charge in [-0.05, 0) is 27.8 Å². The molecule has 6 nitrogen and oxygen atoms in total. The van der Waals surface area contributed by atoms with Crippen LogP contribution < -0.4 is 9.38 Å². The molecule has 112 valence electrons. The van der Waals surface area contributed by atoms with E-state index in [4.69, 9.17) is 0 Å². The number of alkyl halides is 3. The SMILES string of the molecule is O=C(On1nc2ccc3ccccc3c2c[n+]1=O)C(F)(F)F. The third kappa shape index (κ3) is 2.36. The molecule has 0 saturated heterocycles. The molecule has 3 rings (SSSR count). The second-order valence-corrected chi connectivity index (χ2v) is 4.38. The Hall–Kier alpha value is -2.97. The van der Waals surface area contributed by atoms with Crippen molar-refractivity contribution in [2.75, 3.05) is 0 Å². The maximum Gasteiger partial charge on any atom is 0.493 e. The van der Waals surface area contributed by atoms with Gasteiger partial charge in [0.05, 0.1) is 10.5 Å². The Bertz CT molecular complexity index is 950. The van der Waals surface area contributed by atoms with Gasteiger partial charge < -0.3 is 0 Å². The summed E-state index contributed by atoms with van der Waals surface area (Å²) < 4.78 is 36.4. The number of carbonyl (C=O) groups excluding carboxylic acids is 1. The smallest absolute Gasteiger partial charge is 0.259 e. The van der Waals surface area contributed by atoms with Gasteiger partial charge in [-0.2, -0.15) is 13.2 Å². The zero-order valence-corrected chi connectivity index (χ0v) is 10.7. The largest absolute Gasteiger partial charge is 0.493 e. The monoisotopic (exact) mass is 310 g/mol. The van der Waals surface area contributed by atoms with Crippen molar-refractivity contribution in [2.45, 2.75) is 6.18 Å². The summed E-state index contributed by atoms with van der Waals surface area (Å²) in [6.45, 7) is 0. The summed E-state index contributed by atoms with van der Waals surface area (Å²) >= 11 is 0. The molecule has 2 aromatic carbocycles. The standard InChI is InChI=1S/C13H7F3N3O3/c14-13(15,16)12(20)22-19-17-11-6-5-8-3-1-2-4-9(8)10(11)7-18(19)21/h1-7H/q+1. The second-order valence-electron chi connectivity index (χ2n) is 4.38. The molecule has 3 aromatic rings.